The van der Waals surface area contributed by atoms with Crippen molar-refractivity contribution in [2.45, 2.75) is 38.5 Å². The third kappa shape index (κ3) is 5.11. The Balaban J connectivity index is 2.04. The number of hydrogen-bond acceptors (Lipinski definition) is 2. The number of nitrogens with zero attached hydrogens (tertiary/aromatic N) is 2. The van der Waals surface area contributed by atoms with Gasteiger partial charge in [-0.2, -0.15) is 0 Å². The van der Waals surface area contributed by atoms with Crippen LogP contribution < -0.4 is 5.32 Å². The van der Waals surface area contributed by atoms with Crippen LogP contribution in [0, 0.1) is 5.92 Å². The first-order chi connectivity index (χ1) is 12.0. The highest BCUT2D eigenvalue weighted by Gasteiger charge is 2.29. The maximum Gasteiger partial charge on any atom is 0.193 e. The highest BCUT2D eigenvalue weighted by atomic mass is 35.5. The van der Waals surface area contributed by atoms with E-state index in [2.05, 4.69) is 48.2 Å². The summed E-state index contributed by atoms with van der Waals surface area (Å²) in [7, 11) is 3.96. The van der Waals surface area contributed by atoms with Gasteiger partial charge >= 0.3 is 0 Å². The lowest BCUT2D eigenvalue weighted by Gasteiger charge is -2.35. The fourth-order valence-electron chi connectivity index (χ4n) is 3.65. The molecule has 0 saturated carbocycles. The Hall–Kier alpha value is -1.26. The van der Waals surface area contributed by atoms with Gasteiger partial charge in [0.2, 0.25) is 0 Å². The molecule has 0 spiro atoms. The highest BCUT2D eigenvalue weighted by molar-refractivity contribution is 6.30. The minimum absolute atomic E-state index is 0.0812. The maximum absolute atomic E-state index is 6.07. The Morgan fingerprint density at radius 1 is 1.32 bits per heavy atom. The molecular formula is C20H32ClN3O. The van der Waals surface area contributed by atoms with Crippen molar-refractivity contribution >= 4 is 17.6 Å². The van der Waals surface area contributed by atoms with Gasteiger partial charge in [-0.05, 0) is 37.0 Å². The van der Waals surface area contributed by atoms with Crippen LogP contribution in [0.3, 0.4) is 0 Å². The molecule has 0 aliphatic carbocycles. The summed E-state index contributed by atoms with van der Waals surface area (Å²) in [5.41, 5.74) is 1.41. The average molecular weight is 366 g/mol. The molecular weight excluding hydrogens is 334 g/mol. The summed E-state index contributed by atoms with van der Waals surface area (Å²) in [5, 5.41) is 4.39. The van der Waals surface area contributed by atoms with E-state index in [9.17, 15) is 0 Å². The number of ether oxygens (including phenoxy) is 1. The topological polar surface area (TPSA) is 36.9 Å². The lowest BCUT2D eigenvalue weighted by atomic mass is 9.76. The number of guanidine groups is 1. The maximum atomic E-state index is 6.07. The summed E-state index contributed by atoms with van der Waals surface area (Å²) in [6, 6.07) is 8.27. The van der Waals surface area contributed by atoms with Gasteiger partial charge in [-0.15, -0.1) is 0 Å². The van der Waals surface area contributed by atoms with Gasteiger partial charge < -0.3 is 15.0 Å². The molecule has 1 unspecified atom stereocenters. The molecule has 1 saturated heterocycles. The van der Waals surface area contributed by atoms with E-state index in [1.54, 1.807) is 0 Å². The van der Waals surface area contributed by atoms with Crippen LogP contribution in [-0.2, 0) is 10.2 Å². The van der Waals surface area contributed by atoms with Crippen LogP contribution in [-0.4, -0.2) is 51.3 Å². The van der Waals surface area contributed by atoms with Crippen LogP contribution in [0.4, 0.5) is 0 Å². The zero-order valence-corrected chi connectivity index (χ0v) is 16.8. The predicted octanol–water partition coefficient (Wildman–Crippen LogP) is 3.94. The fraction of sp³-hybridized carbons (Fsp3) is 0.650. The Morgan fingerprint density at radius 3 is 2.52 bits per heavy atom. The van der Waals surface area contributed by atoms with Gasteiger partial charge in [0.15, 0.2) is 5.96 Å². The van der Waals surface area contributed by atoms with Gasteiger partial charge in [0, 0.05) is 50.1 Å². The van der Waals surface area contributed by atoms with Crippen LogP contribution in [0.1, 0.15) is 38.7 Å². The largest absolute Gasteiger partial charge is 0.381 e. The van der Waals surface area contributed by atoms with Crippen LogP contribution in [0.15, 0.2) is 29.3 Å². The van der Waals surface area contributed by atoms with Gasteiger partial charge in [0.1, 0.15) is 0 Å². The molecule has 1 atom stereocenters. The first-order valence-electron chi connectivity index (χ1n) is 9.30. The molecule has 5 heteroatoms. The monoisotopic (exact) mass is 365 g/mol. The van der Waals surface area contributed by atoms with Crippen LogP contribution in [0.2, 0.25) is 5.02 Å². The third-order valence-corrected chi connectivity index (χ3v) is 5.78. The Bertz CT molecular complexity index is 549. The summed E-state index contributed by atoms with van der Waals surface area (Å²) in [4.78, 5) is 6.70. The number of aliphatic imine (C=N–C) groups is 1. The second-order valence-electron chi connectivity index (χ2n) is 7.01. The number of nitrogens with one attached hydrogen (secondary N) is 1. The molecule has 25 heavy (non-hydrogen) atoms. The molecule has 0 radical (unpaired) electrons. The van der Waals surface area contributed by atoms with Gasteiger partial charge in [-0.3, -0.25) is 4.99 Å². The average Bonchev–Trinajstić information content (AvgIpc) is 3.13. The third-order valence-electron chi connectivity index (χ3n) is 5.52. The van der Waals surface area contributed by atoms with Crippen molar-refractivity contribution in [3.05, 3.63) is 34.9 Å². The first-order valence-corrected chi connectivity index (χ1v) is 9.68. The Kier molecular flexibility index (Phi) is 7.57. The highest BCUT2D eigenvalue weighted by Crippen LogP contribution is 2.32. The lowest BCUT2D eigenvalue weighted by molar-refractivity contribution is 0.181. The first kappa shape index (κ1) is 20.1. The molecule has 0 amide bonds. The number of rotatable bonds is 7. The summed E-state index contributed by atoms with van der Waals surface area (Å²) in [6.07, 6.45) is 3.27. The summed E-state index contributed by atoms with van der Waals surface area (Å²) in [6.45, 7) is 8.09. The molecule has 1 fully saturated rings. The molecule has 4 nitrogen and oxygen atoms in total. The van der Waals surface area contributed by atoms with Crippen molar-refractivity contribution in [1.29, 1.82) is 0 Å². The van der Waals surface area contributed by atoms with E-state index in [-0.39, 0.29) is 5.41 Å². The van der Waals surface area contributed by atoms with E-state index in [4.69, 9.17) is 16.3 Å². The molecule has 0 bridgehead atoms. The smallest absolute Gasteiger partial charge is 0.193 e. The van der Waals surface area contributed by atoms with Gasteiger partial charge in [0.25, 0.3) is 0 Å². The molecule has 0 aromatic heterocycles. The van der Waals surface area contributed by atoms with Crippen LogP contribution >= 0.6 is 11.6 Å². The number of hydrogen-bond donors (Lipinski definition) is 1. The SMILES string of the molecule is CCC(CC)(CNC(=NC)N(C)CC1CCOC1)c1ccc(Cl)cc1. The van der Waals surface area contributed by atoms with E-state index in [0.717, 1.165) is 56.5 Å². The van der Waals surface area contributed by atoms with Gasteiger partial charge in [0.05, 0.1) is 6.61 Å². The van der Waals surface area contributed by atoms with Crippen molar-refractivity contribution in [3.8, 4) is 0 Å². The standard InChI is InChI=1S/C20H32ClN3O/c1-5-20(6-2,17-7-9-18(21)10-8-17)15-23-19(22-3)24(4)13-16-11-12-25-14-16/h7-10,16H,5-6,11-15H2,1-4H3,(H,22,23). The van der Waals surface area contributed by atoms with Gasteiger partial charge in [-0.1, -0.05) is 37.6 Å². The van der Waals surface area contributed by atoms with Crippen molar-refractivity contribution in [2.75, 3.05) is 40.4 Å². The van der Waals surface area contributed by atoms with Crippen molar-refractivity contribution < 1.29 is 4.74 Å². The zero-order valence-electron chi connectivity index (χ0n) is 16.0. The predicted molar refractivity (Wildman–Crippen MR) is 107 cm³/mol. The molecule has 2 rings (SSSR count). The normalized spacial score (nSPS) is 18.4. The molecule has 1 aromatic carbocycles. The molecule has 1 N–H and O–H groups in total. The zero-order chi connectivity index (χ0) is 18.3. The van der Waals surface area contributed by atoms with Crippen molar-refractivity contribution in [2.24, 2.45) is 10.9 Å². The summed E-state index contributed by atoms with van der Waals surface area (Å²) < 4.78 is 5.49. The second-order valence-corrected chi connectivity index (χ2v) is 7.44. The summed E-state index contributed by atoms with van der Waals surface area (Å²) >= 11 is 6.07. The van der Waals surface area contributed by atoms with Crippen LogP contribution in [0.25, 0.3) is 0 Å². The van der Waals surface area contributed by atoms with Gasteiger partial charge in [-0.25, -0.2) is 0 Å². The van der Waals surface area contributed by atoms with E-state index in [1.807, 2.05) is 19.2 Å². The fourth-order valence-corrected chi connectivity index (χ4v) is 3.77. The van der Waals surface area contributed by atoms with E-state index < -0.39 is 0 Å². The molecule has 1 aliphatic rings. The van der Waals surface area contributed by atoms with Crippen molar-refractivity contribution in [3.63, 3.8) is 0 Å². The number of benzene rings is 1. The van der Waals surface area contributed by atoms with Crippen molar-refractivity contribution in [1.82, 2.24) is 10.2 Å². The molecule has 1 heterocycles. The van der Waals surface area contributed by atoms with Crippen LogP contribution in [0.5, 0.6) is 0 Å². The van der Waals surface area contributed by atoms with E-state index in [0.29, 0.717) is 5.92 Å². The minimum Gasteiger partial charge on any atom is -0.381 e. The minimum atomic E-state index is 0.0812. The Labute approximate surface area is 157 Å². The molecule has 1 aliphatic heterocycles. The second kappa shape index (κ2) is 9.44. The lowest BCUT2D eigenvalue weighted by Crippen LogP contribution is -2.47. The molecule has 1 aromatic rings. The summed E-state index contributed by atoms with van der Waals surface area (Å²) in [5.74, 6) is 1.55. The quantitative estimate of drug-likeness (QED) is 0.587. The van der Waals surface area contributed by atoms with E-state index >= 15 is 0 Å². The number of halogens is 1. The van der Waals surface area contributed by atoms with E-state index in [1.165, 1.54) is 5.56 Å². The molecule has 140 valence electrons. The Morgan fingerprint density at radius 2 is 2.00 bits per heavy atom.